The lowest BCUT2D eigenvalue weighted by Gasteiger charge is -2.08. The van der Waals surface area contributed by atoms with Crippen molar-refractivity contribution in [3.8, 4) is 11.6 Å². The zero-order valence-electron chi connectivity index (χ0n) is 9.57. The van der Waals surface area contributed by atoms with Crippen LogP contribution in [0.1, 0.15) is 11.4 Å². The number of hydrogen-bond donors (Lipinski definition) is 1. The van der Waals surface area contributed by atoms with Gasteiger partial charge < -0.3 is 10.5 Å². The van der Waals surface area contributed by atoms with E-state index in [0.29, 0.717) is 28.3 Å². The lowest BCUT2D eigenvalue weighted by molar-refractivity contribution is 0.460. The third-order valence-electron chi connectivity index (χ3n) is 2.14. The first-order valence-electron chi connectivity index (χ1n) is 5.10. The third kappa shape index (κ3) is 2.85. The van der Waals surface area contributed by atoms with E-state index in [4.69, 9.17) is 22.1 Å². The summed E-state index contributed by atoms with van der Waals surface area (Å²) in [5.41, 5.74) is 6.68. The van der Waals surface area contributed by atoms with Crippen LogP contribution < -0.4 is 10.5 Å². The Balaban J connectivity index is 2.31. The van der Waals surface area contributed by atoms with Crippen molar-refractivity contribution in [2.45, 2.75) is 13.8 Å². The van der Waals surface area contributed by atoms with Crippen LogP contribution in [0.4, 0.5) is 5.82 Å². The quantitative estimate of drug-likeness (QED) is 0.888. The van der Waals surface area contributed by atoms with E-state index in [-0.39, 0.29) is 0 Å². The topological polar surface area (TPSA) is 61.0 Å². The van der Waals surface area contributed by atoms with Crippen molar-refractivity contribution in [3.05, 3.63) is 40.7 Å². The first-order chi connectivity index (χ1) is 8.04. The molecule has 1 heterocycles. The van der Waals surface area contributed by atoms with Gasteiger partial charge in [0.05, 0.1) is 5.02 Å². The van der Waals surface area contributed by atoms with Gasteiger partial charge in [0, 0.05) is 6.07 Å². The molecule has 0 atom stereocenters. The lowest BCUT2D eigenvalue weighted by atomic mass is 10.2. The van der Waals surface area contributed by atoms with Crippen LogP contribution in [0.5, 0.6) is 11.6 Å². The molecule has 2 aromatic rings. The van der Waals surface area contributed by atoms with Gasteiger partial charge in [0.15, 0.2) is 0 Å². The van der Waals surface area contributed by atoms with Gasteiger partial charge >= 0.3 is 0 Å². The molecule has 4 nitrogen and oxygen atoms in total. The summed E-state index contributed by atoms with van der Waals surface area (Å²) in [6.45, 7) is 3.71. The molecule has 0 aliphatic rings. The molecule has 0 spiro atoms. The lowest BCUT2D eigenvalue weighted by Crippen LogP contribution is -1.98. The number of anilines is 1. The van der Waals surface area contributed by atoms with Gasteiger partial charge in [-0.15, -0.1) is 0 Å². The first-order valence-corrected chi connectivity index (χ1v) is 5.47. The molecule has 2 N–H and O–H groups in total. The standard InChI is InChI=1S/C12H12ClN3O/c1-7-3-4-10(9(13)5-7)17-12-6-11(14)15-8(2)16-12/h3-6H,1-2H3,(H2,14,15,16). The maximum atomic E-state index is 6.06. The molecule has 0 fully saturated rings. The fourth-order valence-corrected chi connectivity index (χ4v) is 1.69. The van der Waals surface area contributed by atoms with Crippen LogP contribution in [0.3, 0.4) is 0 Å². The highest BCUT2D eigenvalue weighted by Crippen LogP contribution is 2.29. The normalized spacial score (nSPS) is 10.3. The van der Waals surface area contributed by atoms with Crippen LogP contribution in [0.15, 0.2) is 24.3 Å². The van der Waals surface area contributed by atoms with Gasteiger partial charge in [-0.3, -0.25) is 0 Å². The van der Waals surface area contributed by atoms with Crippen molar-refractivity contribution < 1.29 is 4.74 Å². The summed E-state index contributed by atoms with van der Waals surface area (Å²) < 4.78 is 5.56. The molecule has 5 heteroatoms. The molecule has 0 amide bonds. The Morgan fingerprint density at radius 3 is 2.59 bits per heavy atom. The summed E-state index contributed by atoms with van der Waals surface area (Å²) in [5.74, 6) is 1.87. The average Bonchev–Trinajstić information content (AvgIpc) is 2.21. The van der Waals surface area contributed by atoms with Gasteiger partial charge in [0.25, 0.3) is 0 Å². The van der Waals surface area contributed by atoms with Crippen molar-refractivity contribution >= 4 is 17.4 Å². The summed E-state index contributed by atoms with van der Waals surface area (Å²) in [7, 11) is 0. The molecule has 0 radical (unpaired) electrons. The number of aromatic nitrogens is 2. The fourth-order valence-electron chi connectivity index (χ4n) is 1.42. The van der Waals surface area contributed by atoms with Crippen LogP contribution in [0, 0.1) is 13.8 Å². The summed E-state index contributed by atoms with van der Waals surface area (Å²) in [4.78, 5) is 8.09. The van der Waals surface area contributed by atoms with Crippen LogP contribution in [0.2, 0.25) is 5.02 Å². The molecule has 0 saturated heterocycles. The van der Waals surface area contributed by atoms with Crippen LogP contribution in [-0.2, 0) is 0 Å². The van der Waals surface area contributed by atoms with E-state index in [1.54, 1.807) is 19.1 Å². The number of rotatable bonds is 2. The minimum absolute atomic E-state index is 0.371. The second kappa shape index (κ2) is 4.59. The zero-order chi connectivity index (χ0) is 12.4. The van der Waals surface area contributed by atoms with E-state index in [0.717, 1.165) is 5.56 Å². The van der Waals surface area contributed by atoms with Crippen molar-refractivity contribution in [2.75, 3.05) is 5.73 Å². The molecule has 88 valence electrons. The Bertz CT molecular complexity index is 537. The van der Waals surface area contributed by atoms with Crippen LogP contribution in [-0.4, -0.2) is 9.97 Å². The van der Waals surface area contributed by atoms with E-state index >= 15 is 0 Å². The van der Waals surface area contributed by atoms with Gasteiger partial charge in [-0.2, -0.15) is 4.98 Å². The van der Waals surface area contributed by atoms with E-state index in [1.807, 2.05) is 19.1 Å². The Kier molecular flexibility index (Phi) is 3.15. The molecular weight excluding hydrogens is 238 g/mol. The van der Waals surface area contributed by atoms with E-state index in [1.165, 1.54) is 0 Å². The van der Waals surface area contributed by atoms with Gasteiger partial charge in [0.1, 0.15) is 17.4 Å². The monoisotopic (exact) mass is 249 g/mol. The number of nitrogen functional groups attached to an aromatic ring is 1. The second-order valence-corrected chi connectivity index (χ2v) is 4.12. The molecule has 0 saturated carbocycles. The van der Waals surface area contributed by atoms with Crippen molar-refractivity contribution in [3.63, 3.8) is 0 Å². The van der Waals surface area contributed by atoms with Crippen molar-refractivity contribution in [1.29, 1.82) is 0 Å². The third-order valence-corrected chi connectivity index (χ3v) is 2.43. The Hall–Kier alpha value is -1.81. The van der Waals surface area contributed by atoms with Gasteiger partial charge in [-0.05, 0) is 31.5 Å². The maximum Gasteiger partial charge on any atom is 0.224 e. The predicted molar refractivity (Wildman–Crippen MR) is 67.4 cm³/mol. The number of ether oxygens (including phenoxy) is 1. The minimum Gasteiger partial charge on any atom is -0.437 e. The van der Waals surface area contributed by atoms with E-state index in [2.05, 4.69) is 9.97 Å². The molecule has 1 aromatic heterocycles. The fraction of sp³-hybridized carbons (Fsp3) is 0.167. The molecular formula is C12H12ClN3O. The highest BCUT2D eigenvalue weighted by Gasteiger charge is 2.06. The molecule has 0 bridgehead atoms. The Morgan fingerprint density at radius 2 is 1.94 bits per heavy atom. The number of nitrogens with two attached hydrogens (primary N) is 1. The van der Waals surface area contributed by atoms with Crippen LogP contribution >= 0.6 is 11.6 Å². The van der Waals surface area contributed by atoms with Gasteiger partial charge in [-0.1, -0.05) is 17.7 Å². The highest BCUT2D eigenvalue weighted by molar-refractivity contribution is 6.32. The number of halogens is 1. The van der Waals surface area contributed by atoms with Crippen LogP contribution in [0.25, 0.3) is 0 Å². The van der Waals surface area contributed by atoms with Gasteiger partial charge in [-0.25, -0.2) is 4.98 Å². The maximum absolute atomic E-state index is 6.06. The first kappa shape index (κ1) is 11.7. The van der Waals surface area contributed by atoms with E-state index < -0.39 is 0 Å². The average molecular weight is 250 g/mol. The Labute approximate surface area is 104 Å². The molecule has 0 unspecified atom stereocenters. The summed E-state index contributed by atoms with van der Waals surface area (Å²) in [6.07, 6.45) is 0. The molecule has 0 aliphatic heterocycles. The molecule has 0 aliphatic carbocycles. The summed E-state index contributed by atoms with van der Waals surface area (Å²) in [6, 6.07) is 7.10. The number of benzene rings is 1. The van der Waals surface area contributed by atoms with Gasteiger partial charge in [0.2, 0.25) is 5.88 Å². The molecule has 2 rings (SSSR count). The highest BCUT2D eigenvalue weighted by atomic mass is 35.5. The molecule has 1 aromatic carbocycles. The summed E-state index contributed by atoms with van der Waals surface area (Å²) >= 11 is 6.06. The molecule has 17 heavy (non-hydrogen) atoms. The smallest absolute Gasteiger partial charge is 0.224 e. The minimum atomic E-state index is 0.371. The van der Waals surface area contributed by atoms with Crippen molar-refractivity contribution in [2.24, 2.45) is 0 Å². The number of nitrogens with zero attached hydrogens (tertiary/aromatic N) is 2. The Morgan fingerprint density at radius 1 is 1.18 bits per heavy atom. The van der Waals surface area contributed by atoms with Crippen molar-refractivity contribution in [1.82, 2.24) is 9.97 Å². The predicted octanol–water partition coefficient (Wildman–Crippen LogP) is 3.12. The number of hydrogen-bond acceptors (Lipinski definition) is 4. The largest absolute Gasteiger partial charge is 0.437 e. The summed E-state index contributed by atoms with van der Waals surface area (Å²) in [5, 5.41) is 0.542. The number of aryl methyl sites for hydroxylation is 2. The SMILES string of the molecule is Cc1ccc(Oc2cc(N)nc(C)n2)c(Cl)c1. The zero-order valence-corrected chi connectivity index (χ0v) is 10.3. The van der Waals surface area contributed by atoms with E-state index in [9.17, 15) is 0 Å². The second-order valence-electron chi connectivity index (χ2n) is 3.71.